The van der Waals surface area contributed by atoms with E-state index in [0.29, 0.717) is 12.1 Å². The molecule has 27 heavy (non-hydrogen) atoms. The molecule has 0 aliphatic carbocycles. The van der Waals surface area contributed by atoms with Gasteiger partial charge in [-0.1, -0.05) is 6.07 Å². The van der Waals surface area contributed by atoms with Crippen LogP contribution in [0.15, 0.2) is 23.1 Å². The molecule has 0 unspecified atom stereocenters. The highest BCUT2D eigenvalue weighted by Crippen LogP contribution is 2.51. The van der Waals surface area contributed by atoms with Crippen LogP contribution in [0.5, 0.6) is 5.75 Å². The van der Waals surface area contributed by atoms with Gasteiger partial charge in [0.2, 0.25) is 0 Å². The summed E-state index contributed by atoms with van der Waals surface area (Å²) in [5.74, 6) is -2.87. The Kier molecular flexibility index (Phi) is 7.83. The van der Waals surface area contributed by atoms with Crippen molar-refractivity contribution in [2.75, 3.05) is 6.35 Å². The summed E-state index contributed by atoms with van der Waals surface area (Å²) in [6.45, 7) is 5.99. The molecule has 0 radical (unpaired) electrons. The molecule has 0 bridgehead atoms. The van der Waals surface area contributed by atoms with Crippen LogP contribution in [0.1, 0.15) is 27.7 Å². The lowest BCUT2D eigenvalue weighted by Crippen LogP contribution is -2.21. The van der Waals surface area contributed by atoms with Crippen molar-refractivity contribution in [2.45, 2.75) is 51.2 Å². The monoisotopic (exact) mass is 438 g/mol. The summed E-state index contributed by atoms with van der Waals surface area (Å²) in [6.07, 6.45) is -7.71. The highest BCUT2D eigenvalue weighted by Gasteiger charge is 2.37. The lowest BCUT2D eigenvalue weighted by molar-refractivity contribution is -0.275. The summed E-state index contributed by atoms with van der Waals surface area (Å²) in [6, 6.07) is 2.03. The smallest absolute Gasteiger partial charge is 0.404 e. The Morgan fingerprint density at radius 1 is 1.07 bits per heavy atom. The third kappa shape index (κ3) is 7.74. The number of halogens is 4. The van der Waals surface area contributed by atoms with Crippen LogP contribution in [0.3, 0.4) is 0 Å². The molecule has 0 aliphatic heterocycles. The molecule has 1 aromatic rings. The van der Waals surface area contributed by atoms with Gasteiger partial charge in [0.15, 0.2) is 17.0 Å². The first-order valence-electron chi connectivity index (χ1n) is 7.55. The van der Waals surface area contributed by atoms with Gasteiger partial charge in [-0.15, -0.1) is 13.2 Å². The quantitative estimate of drug-likeness (QED) is 0.320. The molecule has 7 nitrogen and oxygen atoms in total. The number of rotatable bonds is 9. The predicted molar refractivity (Wildman–Crippen MR) is 86.3 cm³/mol. The third-order valence-corrected chi connectivity index (χ3v) is 5.95. The number of hydrogen-bond donors (Lipinski definition) is 0. The van der Waals surface area contributed by atoms with Crippen LogP contribution in [0.25, 0.3) is 0 Å². The molecule has 0 saturated heterocycles. The zero-order valence-corrected chi connectivity index (χ0v) is 16.5. The van der Waals surface area contributed by atoms with Gasteiger partial charge in [0.1, 0.15) is 5.82 Å². The fraction of sp³-hybridized carbons (Fsp3) is 0.571. The Balaban J connectivity index is 3.19. The van der Waals surface area contributed by atoms with Gasteiger partial charge < -0.3 is 13.8 Å². The van der Waals surface area contributed by atoms with Crippen molar-refractivity contribution in [2.24, 2.45) is 0 Å². The summed E-state index contributed by atoms with van der Waals surface area (Å²) in [4.78, 5) is -1.48. The maximum Gasteiger partial charge on any atom is 0.573 e. The highest BCUT2D eigenvalue weighted by atomic mass is 32.2. The summed E-state index contributed by atoms with van der Waals surface area (Å²) in [5, 5.41) is 0. The van der Waals surface area contributed by atoms with Gasteiger partial charge >= 0.3 is 24.1 Å². The molecule has 1 aromatic carbocycles. The van der Waals surface area contributed by atoms with E-state index in [9.17, 15) is 30.5 Å². The molecule has 1 rings (SSSR count). The van der Waals surface area contributed by atoms with Gasteiger partial charge in [0.25, 0.3) is 0 Å². The lowest BCUT2D eigenvalue weighted by atomic mass is 10.3. The summed E-state index contributed by atoms with van der Waals surface area (Å²) < 4.78 is 106. The van der Waals surface area contributed by atoms with Crippen LogP contribution in [0.2, 0.25) is 0 Å². The molecule has 0 N–H and O–H groups in total. The number of ether oxygens (including phenoxy) is 1. The first-order valence-corrected chi connectivity index (χ1v) is 10.7. The van der Waals surface area contributed by atoms with Crippen LogP contribution >= 0.6 is 7.60 Å². The Morgan fingerprint density at radius 2 is 1.59 bits per heavy atom. The number of hydrogen-bond acceptors (Lipinski definition) is 7. The predicted octanol–water partition coefficient (Wildman–Crippen LogP) is 4.43. The van der Waals surface area contributed by atoms with Crippen molar-refractivity contribution >= 4 is 17.7 Å². The minimum Gasteiger partial charge on any atom is -0.404 e. The fourth-order valence-electron chi connectivity index (χ4n) is 1.86. The van der Waals surface area contributed by atoms with Crippen molar-refractivity contribution in [1.82, 2.24) is 0 Å². The zero-order valence-electron chi connectivity index (χ0n) is 14.8. The molecular formula is C14H19F4O7PS. The Hall–Kier alpha value is -1.20. The van der Waals surface area contributed by atoms with Gasteiger partial charge in [-0.25, -0.2) is 4.39 Å². The van der Waals surface area contributed by atoms with E-state index in [1.54, 1.807) is 0 Å². The molecule has 0 amide bonds. The Morgan fingerprint density at radius 3 is 2.04 bits per heavy atom. The van der Waals surface area contributed by atoms with Gasteiger partial charge in [-0.2, -0.15) is 8.42 Å². The van der Waals surface area contributed by atoms with Crippen LogP contribution in [0.4, 0.5) is 17.6 Å². The molecule has 0 spiro atoms. The van der Waals surface area contributed by atoms with Crippen LogP contribution in [-0.2, 0) is 27.9 Å². The molecule has 0 fully saturated rings. The zero-order chi connectivity index (χ0) is 21.0. The number of alkyl halides is 3. The maximum absolute atomic E-state index is 13.9. The molecular weight excluding hydrogens is 419 g/mol. The largest absolute Gasteiger partial charge is 0.573 e. The number of benzene rings is 1. The molecule has 13 heteroatoms. The van der Waals surface area contributed by atoms with E-state index in [0.717, 1.165) is 6.07 Å². The molecule has 0 aromatic heterocycles. The van der Waals surface area contributed by atoms with E-state index in [-0.39, 0.29) is 0 Å². The lowest BCUT2D eigenvalue weighted by Gasteiger charge is -2.22. The van der Waals surface area contributed by atoms with Crippen molar-refractivity contribution in [3.63, 3.8) is 0 Å². The molecule has 0 saturated carbocycles. The summed E-state index contributed by atoms with van der Waals surface area (Å²) in [5.41, 5.74) is 0. The van der Waals surface area contributed by atoms with E-state index >= 15 is 0 Å². The van der Waals surface area contributed by atoms with Gasteiger partial charge in [-0.05, 0) is 39.8 Å². The van der Waals surface area contributed by atoms with Crippen LogP contribution in [-0.4, -0.2) is 33.3 Å². The van der Waals surface area contributed by atoms with E-state index in [1.165, 1.54) is 27.7 Å². The van der Waals surface area contributed by atoms with Gasteiger partial charge in [0, 0.05) is 0 Å². The molecule has 156 valence electrons. The Bertz CT molecular complexity index is 779. The molecule has 0 atom stereocenters. The van der Waals surface area contributed by atoms with Crippen molar-refractivity contribution in [3.05, 3.63) is 24.0 Å². The SMILES string of the molecule is CC(C)OP(=O)(COS(=O)(=O)c1c(F)cccc1OC(F)(F)F)OC(C)C. The average Bonchev–Trinajstić information content (AvgIpc) is 2.41. The second-order valence-corrected chi connectivity index (χ2v) is 9.19. The van der Waals surface area contributed by atoms with Gasteiger partial charge in [-0.3, -0.25) is 8.75 Å². The first kappa shape index (κ1) is 23.8. The van der Waals surface area contributed by atoms with Crippen molar-refractivity contribution in [1.29, 1.82) is 0 Å². The van der Waals surface area contributed by atoms with E-state index < -0.39 is 59.1 Å². The summed E-state index contributed by atoms with van der Waals surface area (Å²) >= 11 is 0. The van der Waals surface area contributed by atoms with Crippen molar-refractivity contribution in [3.8, 4) is 5.75 Å². The minimum absolute atomic E-state index is 0.599. The highest BCUT2D eigenvalue weighted by molar-refractivity contribution is 7.87. The van der Waals surface area contributed by atoms with E-state index in [1.807, 2.05) is 0 Å². The minimum atomic E-state index is -5.27. The molecule has 0 heterocycles. The van der Waals surface area contributed by atoms with E-state index in [4.69, 9.17) is 9.05 Å². The van der Waals surface area contributed by atoms with Gasteiger partial charge in [0.05, 0.1) is 12.2 Å². The summed E-state index contributed by atoms with van der Waals surface area (Å²) in [7, 11) is -9.24. The van der Waals surface area contributed by atoms with Crippen molar-refractivity contribution < 1.29 is 48.5 Å². The second kappa shape index (κ2) is 8.87. The Labute approximate surface area is 154 Å². The maximum atomic E-state index is 13.9. The fourth-order valence-corrected chi connectivity index (χ4v) is 5.17. The topological polar surface area (TPSA) is 88.1 Å². The standard InChI is InChI=1S/C14H19F4O7PS/c1-9(2)24-26(19,25-10(3)4)8-22-27(20,21)13-11(15)6-5-7-12(13)23-14(16,17)18/h5-7,9-10H,8H2,1-4H3. The normalized spacial score (nSPS) is 13.4. The first-order chi connectivity index (χ1) is 12.2. The third-order valence-electron chi connectivity index (χ3n) is 2.52. The average molecular weight is 438 g/mol. The van der Waals surface area contributed by atoms with Crippen LogP contribution < -0.4 is 4.74 Å². The second-order valence-electron chi connectivity index (χ2n) is 5.74. The molecule has 0 aliphatic rings. The van der Waals surface area contributed by atoms with E-state index in [2.05, 4.69) is 8.92 Å². The van der Waals surface area contributed by atoms with Crippen LogP contribution in [0, 0.1) is 5.82 Å².